The summed E-state index contributed by atoms with van der Waals surface area (Å²) in [5.41, 5.74) is 0.467. The maximum Gasteiger partial charge on any atom is 0.387 e. The van der Waals surface area contributed by atoms with Crippen LogP contribution in [-0.4, -0.2) is 36.8 Å². The van der Waals surface area contributed by atoms with Gasteiger partial charge in [-0.2, -0.15) is 14.0 Å². The summed E-state index contributed by atoms with van der Waals surface area (Å²) >= 11 is 0. The van der Waals surface area contributed by atoms with E-state index < -0.39 is 28.8 Å². The number of benzene rings is 1. The highest BCUT2D eigenvalue weighted by molar-refractivity contribution is 7.89. The summed E-state index contributed by atoms with van der Waals surface area (Å²) in [6.07, 6.45) is 4.82. The van der Waals surface area contributed by atoms with E-state index in [1.54, 1.807) is 6.07 Å². The maximum absolute atomic E-state index is 13.2. The van der Waals surface area contributed by atoms with E-state index in [1.165, 1.54) is 38.1 Å². The Morgan fingerprint density at radius 1 is 1.26 bits per heavy atom. The second kappa shape index (κ2) is 9.51. The predicted octanol–water partition coefficient (Wildman–Crippen LogP) is 5.32. The van der Waals surface area contributed by atoms with Gasteiger partial charge in [0.1, 0.15) is 23.4 Å². The molecule has 11 heteroatoms. The van der Waals surface area contributed by atoms with E-state index in [0.29, 0.717) is 27.9 Å². The molecule has 0 unspecified atom stereocenters. The van der Waals surface area contributed by atoms with Gasteiger partial charge in [-0.05, 0) is 51.0 Å². The molecule has 1 aliphatic rings. The number of hydrogen-bond donors (Lipinski definition) is 1. The highest BCUT2D eigenvalue weighted by Gasteiger charge is 2.29. The van der Waals surface area contributed by atoms with E-state index in [-0.39, 0.29) is 16.7 Å². The monoisotopic (exact) mass is 506 g/mol. The van der Waals surface area contributed by atoms with Crippen molar-refractivity contribution in [3.05, 3.63) is 42.1 Å². The lowest BCUT2D eigenvalue weighted by molar-refractivity contribution is -0.0497. The van der Waals surface area contributed by atoms with E-state index >= 15 is 0 Å². The lowest BCUT2D eigenvalue weighted by Gasteiger charge is -2.22. The molecule has 35 heavy (non-hydrogen) atoms. The Morgan fingerprint density at radius 2 is 1.97 bits per heavy atom. The minimum atomic E-state index is -4.02. The molecule has 1 aromatic carbocycles. The normalized spacial score (nSPS) is 15.1. The SMILES string of the molecule is CC(C)(CF)NS(=O)(=O)c1ccc(-c2c(C#N)c3ccc(OC(F)F)cc3n2C2CCCC2)nc1. The summed E-state index contributed by atoms with van der Waals surface area (Å²) in [6, 6.07) is 9.52. The Labute approximate surface area is 201 Å². The standard InChI is InChI=1S/C24H25F3N4O3S/c1-24(2,14-25)30-35(32,33)17-8-10-20(29-13-17)22-19(12-28)18-9-7-16(34-23(26)27)11-21(18)31(22)15-5-3-4-6-15/h7-11,13,15,23,30H,3-6,14H2,1-2H3. The third-order valence-corrected chi connectivity index (χ3v) is 7.72. The van der Waals surface area contributed by atoms with Crippen molar-refractivity contribution >= 4 is 20.9 Å². The number of nitriles is 1. The van der Waals surface area contributed by atoms with Crippen molar-refractivity contribution in [3.8, 4) is 23.2 Å². The van der Waals surface area contributed by atoms with Gasteiger partial charge in [0.2, 0.25) is 10.0 Å². The van der Waals surface area contributed by atoms with Crippen molar-refractivity contribution < 1.29 is 26.3 Å². The number of aromatic nitrogens is 2. The highest BCUT2D eigenvalue weighted by atomic mass is 32.2. The number of rotatable bonds is 8. The molecule has 1 saturated carbocycles. The van der Waals surface area contributed by atoms with E-state index in [1.807, 2.05) is 4.57 Å². The van der Waals surface area contributed by atoms with Crippen LogP contribution in [0.5, 0.6) is 5.75 Å². The summed E-state index contributed by atoms with van der Waals surface area (Å²) in [5.74, 6) is -0.0174. The van der Waals surface area contributed by atoms with E-state index in [9.17, 15) is 26.9 Å². The Kier molecular flexibility index (Phi) is 6.79. The van der Waals surface area contributed by atoms with E-state index in [2.05, 4.69) is 20.5 Å². The Hall–Kier alpha value is -3.10. The van der Waals surface area contributed by atoms with Gasteiger partial charge in [-0.25, -0.2) is 17.5 Å². The molecular formula is C24H25F3N4O3S. The average Bonchev–Trinajstić information content (AvgIpc) is 3.43. The molecular weight excluding hydrogens is 481 g/mol. The molecule has 1 aliphatic carbocycles. The predicted molar refractivity (Wildman–Crippen MR) is 124 cm³/mol. The van der Waals surface area contributed by atoms with Gasteiger partial charge in [-0.1, -0.05) is 12.8 Å². The molecule has 7 nitrogen and oxygen atoms in total. The molecule has 2 aromatic heterocycles. The van der Waals surface area contributed by atoms with Crippen LogP contribution in [0.2, 0.25) is 0 Å². The fourth-order valence-corrected chi connectivity index (χ4v) is 5.84. The molecule has 4 rings (SSSR count). The average molecular weight is 507 g/mol. The van der Waals surface area contributed by atoms with Crippen molar-refractivity contribution in [2.24, 2.45) is 0 Å². The molecule has 0 radical (unpaired) electrons. The molecule has 0 saturated heterocycles. The topological polar surface area (TPSA) is 97.0 Å². The summed E-state index contributed by atoms with van der Waals surface area (Å²) in [4.78, 5) is 4.20. The Morgan fingerprint density at radius 3 is 2.54 bits per heavy atom. The Bertz CT molecular complexity index is 1370. The number of fused-ring (bicyclic) bond motifs is 1. The number of pyridine rings is 1. The summed E-state index contributed by atoms with van der Waals surface area (Å²) in [5, 5.41) is 10.6. The van der Waals surface area contributed by atoms with Gasteiger partial charge >= 0.3 is 6.61 Å². The fourth-order valence-electron chi connectivity index (χ4n) is 4.50. The number of nitrogens with one attached hydrogen (secondary N) is 1. The van der Waals surface area contributed by atoms with Crippen LogP contribution in [0.4, 0.5) is 13.2 Å². The Balaban J connectivity index is 1.85. The largest absolute Gasteiger partial charge is 0.435 e. The summed E-state index contributed by atoms with van der Waals surface area (Å²) in [7, 11) is -4.02. The minimum absolute atomic E-state index is 0.0174. The van der Waals surface area contributed by atoms with Crippen LogP contribution in [0.15, 0.2) is 41.4 Å². The second-order valence-electron chi connectivity index (χ2n) is 9.20. The van der Waals surface area contributed by atoms with Crippen molar-refractivity contribution in [2.75, 3.05) is 6.67 Å². The van der Waals surface area contributed by atoms with Gasteiger partial charge in [0, 0.05) is 23.7 Å². The zero-order valence-corrected chi connectivity index (χ0v) is 20.1. The van der Waals surface area contributed by atoms with Gasteiger partial charge in [0.05, 0.1) is 28.0 Å². The number of halogens is 3. The third kappa shape index (κ3) is 4.99. The number of sulfonamides is 1. The highest BCUT2D eigenvalue weighted by Crippen LogP contribution is 2.42. The second-order valence-corrected chi connectivity index (χ2v) is 10.9. The molecule has 1 fully saturated rings. The van der Waals surface area contributed by atoms with Crippen LogP contribution in [0.3, 0.4) is 0 Å². The maximum atomic E-state index is 13.2. The molecule has 0 aliphatic heterocycles. The van der Waals surface area contributed by atoms with Crippen LogP contribution in [-0.2, 0) is 10.0 Å². The number of hydrogen-bond acceptors (Lipinski definition) is 5. The third-order valence-electron chi connectivity index (χ3n) is 6.04. The molecule has 186 valence electrons. The van der Waals surface area contributed by atoms with Crippen molar-refractivity contribution in [1.29, 1.82) is 5.26 Å². The quantitative estimate of drug-likeness (QED) is 0.446. The zero-order valence-electron chi connectivity index (χ0n) is 19.3. The van der Waals surface area contributed by atoms with Crippen molar-refractivity contribution in [2.45, 2.75) is 62.6 Å². The van der Waals surface area contributed by atoms with Crippen molar-refractivity contribution in [1.82, 2.24) is 14.3 Å². The molecule has 1 N–H and O–H groups in total. The van der Waals surface area contributed by atoms with Crippen LogP contribution in [0.1, 0.15) is 51.1 Å². The van der Waals surface area contributed by atoms with E-state index in [0.717, 1.165) is 31.9 Å². The molecule has 3 aromatic rings. The zero-order chi connectivity index (χ0) is 25.4. The number of ether oxygens (including phenoxy) is 1. The fraction of sp³-hybridized carbons (Fsp3) is 0.417. The van der Waals surface area contributed by atoms with Gasteiger partial charge in [-0.15, -0.1) is 0 Å². The van der Waals surface area contributed by atoms with Crippen LogP contribution < -0.4 is 9.46 Å². The number of alkyl halides is 3. The van der Waals surface area contributed by atoms with Crippen LogP contribution in [0.25, 0.3) is 22.3 Å². The minimum Gasteiger partial charge on any atom is -0.435 e. The smallest absolute Gasteiger partial charge is 0.387 e. The lowest BCUT2D eigenvalue weighted by Crippen LogP contribution is -2.45. The van der Waals surface area contributed by atoms with Crippen LogP contribution >= 0.6 is 0 Å². The summed E-state index contributed by atoms with van der Waals surface area (Å²) < 4.78 is 73.0. The molecule has 0 bridgehead atoms. The first-order valence-electron chi connectivity index (χ1n) is 11.2. The lowest BCUT2D eigenvalue weighted by atomic mass is 10.1. The first-order chi connectivity index (χ1) is 16.6. The van der Waals surface area contributed by atoms with Gasteiger partial charge in [-0.3, -0.25) is 4.98 Å². The summed E-state index contributed by atoms with van der Waals surface area (Å²) in [6.45, 7) is -1.01. The number of nitrogens with zero attached hydrogens (tertiary/aromatic N) is 3. The van der Waals surface area contributed by atoms with Gasteiger partial charge in [0.15, 0.2) is 0 Å². The molecule has 0 spiro atoms. The molecule has 0 amide bonds. The van der Waals surface area contributed by atoms with Gasteiger partial charge < -0.3 is 9.30 Å². The first kappa shape index (κ1) is 25.0. The first-order valence-corrected chi connectivity index (χ1v) is 12.6. The van der Waals surface area contributed by atoms with Crippen LogP contribution in [0, 0.1) is 11.3 Å². The van der Waals surface area contributed by atoms with Crippen molar-refractivity contribution in [3.63, 3.8) is 0 Å². The molecule has 2 heterocycles. The van der Waals surface area contributed by atoms with Gasteiger partial charge in [0.25, 0.3) is 0 Å². The molecule has 0 atom stereocenters. The van der Waals surface area contributed by atoms with E-state index in [4.69, 9.17) is 0 Å².